The van der Waals surface area contributed by atoms with E-state index in [1.54, 1.807) is 4.90 Å². The van der Waals surface area contributed by atoms with Gasteiger partial charge in [-0.05, 0) is 42.9 Å². The van der Waals surface area contributed by atoms with Crippen LogP contribution in [0.2, 0.25) is 0 Å². The smallest absolute Gasteiger partial charge is 0.178 e. The van der Waals surface area contributed by atoms with Gasteiger partial charge in [0, 0.05) is 17.8 Å². The summed E-state index contributed by atoms with van der Waals surface area (Å²) in [6.45, 7) is 4.57. The van der Waals surface area contributed by atoms with E-state index in [2.05, 4.69) is 54.5 Å². The summed E-state index contributed by atoms with van der Waals surface area (Å²) in [5.74, 6) is 0.573. The van der Waals surface area contributed by atoms with Crippen LogP contribution >= 0.6 is 12.2 Å². The largest absolute Gasteiger partial charge is 0.337 e. The summed E-state index contributed by atoms with van der Waals surface area (Å²) in [6.07, 6.45) is 1.18. The Labute approximate surface area is 149 Å². The molecule has 2 aliphatic rings. The van der Waals surface area contributed by atoms with Gasteiger partial charge in [-0.2, -0.15) is 0 Å². The van der Waals surface area contributed by atoms with Crippen molar-refractivity contribution in [2.24, 2.45) is 0 Å². The molecule has 24 heavy (non-hydrogen) atoms. The third-order valence-corrected chi connectivity index (χ3v) is 5.62. The molecule has 1 unspecified atom stereocenters. The first kappa shape index (κ1) is 15.6. The topological polar surface area (TPSA) is 19.7 Å². The molecule has 2 aromatic rings. The van der Waals surface area contributed by atoms with Crippen molar-refractivity contribution < 1.29 is 4.90 Å². The van der Waals surface area contributed by atoms with Crippen molar-refractivity contribution in [2.45, 2.75) is 25.3 Å². The molecule has 2 N–H and O–H groups in total. The Kier molecular flexibility index (Phi) is 4.02. The molecule has 3 atom stereocenters. The number of likely N-dealkylation sites (N-methyl/N-ethyl adjacent to an activating group) is 1. The number of anilines is 2. The first-order valence-electron chi connectivity index (χ1n) is 8.70. The fraction of sp³-hybridized carbons (Fsp3) is 0.350. The Hall–Kier alpha value is -1.91. The van der Waals surface area contributed by atoms with Crippen molar-refractivity contribution >= 4 is 28.7 Å². The summed E-state index contributed by atoms with van der Waals surface area (Å²) in [5.41, 5.74) is 5.15. The zero-order valence-electron chi connectivity index (χ0n) is 14.3. The number of nitrogens with zero attached hydrogens (tertiary/aromatic N) is 1. The van der Waals surface area contributed by atoms with E-state index in [4.69, 9.17) is 12.2 Å². The number of quaternary nitrogens is 1. The van der Waals surface area contributed by atoms with Gasteiger partial charge in [-0.3, -0.25) is 0 Å². The molecule has 0 radical (unpaired) electrons. The Morgan fingerprint density at radius 1 is 1.21 bits per heavy atom. The standard InChI is InChI=1S/C20H23N3S/c1-14-8-9-18-16(12-14)17-13-22(2)11-10-19(17)23(18)20(24)21-15-6-4-3-5-7-15/h3-9,12,17,19H,10-11,13H2,1-2H3,(H,21,24)/p+1/t17-,19+/m1/s1. The number of benzene rings is 2. The highest BCUT2D eigenvalue weighted by molar-refractivity contribution is 7.80. The minimum Gasteiger partial charge on any atom is -0.337 e. The lowest BCUT2D eigenvalue weighted by atomic mass is 9.89. The fourth-order valence-electron chi connectivity index (χ4n) is 4.17. The molecule has 1 fully saturated rings. The molecule has 0 aromatic heterocycles. The van der Waals surface area contributed by atoms with E-state index in [9.17, 15) is 0 Å². The molecule has 0 saturated carbocycles. The highest BCUT2D eigenvalue weighted by Gasteiger charge is 2.44. The molecule has 0 bridgehead atoms. The van der Waals surface area contributed by atoms with Crippen LogP contribution in [0.4, 0.5) is 11.4 Å². The summed E-state index contributed by atoms with van der Waals surface area (Å²) in [7, 11) is 2.30. The van der Waals surface area contributed by atoms with Crippen molar-refractivity contribution in [2.75, 3.05) is 30.4 Å². The average Bonchev–Trinajstić information content (AvgIpc) is 2.89. The number of likely N-dealkylation sites (tertiary alicyclic amines) is 1. The highest BCUT2D eigenvalue weighted by Crippen LogP contribution is 2.43. The Morgan fingerprint density at radius 2 is 2.00 bits per heavy atom. The second-order valence-electron chi connectivity index (χ2n) is 7.10. The van der Waals surface area contributed by atoms with Crippen LogP contribution in [-0.2, 0) is 0 Å². The number of aryl methyl sites for hydroxylation is 1. The molecule has 4 rings (SSSR count). The van der Waals surface area contributed by atoms with Crippen LogP contribution in [0.15, 0.2) is 48.5 Å². The van der Waals surface area contributed by atoms with E-state index in [0.29, 0.717) is 12.0 Å². The number of nitrogens with one attached hydrogen (secondary N) is 2. The van der Waals surface area contributed by atoms with Crippen LogP contribution in [0, 0.1) is 6.92 Å². The summed E-state index contributed by atoms with van der Waals surface area (Å²) in [6, 6.07) is 17.5. The van der Waals surface area contributed by atoms with Crippen LogP contribution in [0.25, 0.3) is 0 Å². The average molecular weight is 338 g/mol. The SMILES string of the molecule is Cc1ccc2c(c1)[C@H]1C[NH+](C)CC[C@@H]1N2C(=S)Nc1ccccc1. The van der Waals surface area contributed by atoms with Gasteiger partial charge in [0.05, 0.1) is 32.1 Å². The number of rotatable bonds is 1. The molecule has 0 amide bonds. The van der Waals surface area contributed by atoms with Gasteiger partial charge in [-0.15, -0.1) is 0 Å². The van der Waals surface area contributed by atoms with E-state index in [1.807, 2.05) is 18.2 Å². The number of para-hydroxylation sites is 1. The molecular weight excluding hydrogens is 314 g/mol. The Balaban J connectivity index is 1.68. The zero-order valence-corrected chi connectivity index (χ0v) is 15.1. The van der Waals surface area contributed by atoms with Gasteiger partial charge in [0.25, 0.3) is 0 Å². The molecule has 0 spiro atoms. The maximum absolute atomic E-state index is 5.81. The van der Waals surface area contributed by atoms with Gasteiger partial charge >= 0.3 is 0 Å². The first-order chi connectivity index (χ1) is 11.6. The van der Waals surface area contributed by atoms with E-state index < -0.39 is 0 Å². The quantitative estimate of drug-likeness (QED) is 0.780. The molecule has 0 aliphatic carbocycles. The van der Waals surface area contributed by atoms with Gasteiger partial charge in [0.2, 0.25) is 0 Å². The summed E-state index contributed by atoms with van der Waals surface area (Å²) in [5, 5.41) is 4.25. The molecule has 124 valence electrons. The number of thiocarbonyl (C=S) groups is 1. The Bertz CT molecular complexity index is 759. The molecule has 2 heterocycles. The lowest BCUT2D eigenvalue weighted by Gasteiger charge is -2.35. The predicted molar refractivity (Wildman–Crippen MR) is 104 cm³/mol. The maximum Gasteiger partial charge on any atom is 0.178 e. The monoisotopic (exact) mass is 338 g/mol. The summed E-state index contributed by atoms with van der Waals surface area (Å²) < 4.78 is 0. The summed E-state index contributed by atoms with van der Waals surface area (Å²) in [4.78, 5) is 3.99. The van der Waals surface area contributed by atoms with E-state index >= 15 is 0 Å². The lowest BCUT2D eigenvalue weighted by Crippen LogP contribution is -3.11. The van der Waals surface area contributed by atoms with Crippen molar-refractivity contribution in [1.82, 2.24) is 0 Å². The number of fused-ring (bicyclic) bond motifs is 3. The third kappa shape index (κ3) is 2.70. The minimum absolute atomic E-state index is 0.481. The lowest BCUT2D eigenvalue weighted by molar-refractivity contribution is -0.886. The second-order valence-corrected chi connectivity index (χ2v) is 7.49. The Morgan fingerprint density at radius 3 is 2.79 bits per heavy atom. The van der Waals surface area contributed by atoms with Gasteiger partial charge in [0.15, 0.2) is 5.11 Å². The summed E-state index contributed by atoms with van der Waals surface area (Å²) >= 11 is 5.81. The van der Waals surface area contributed by atoms with Crippen molar-refractivity contribution in [3.05, 3.63) is 59.7 Å². The van der Waals surface area contributed by atoms with Crippen molar-refractivity contribution in [3.63, 3.8) is 0 Å². The van der Waals surface area contributed by atoms with Crippen LogP contribution in [0.1, 0.15) is 23.5 Å². The van der Waals surface area contributed by atoms with E-state index in [0.717, 1.165) is 10.8 Å². The molecule has 3 nitrogen and oxygen atoms in total. The van der Waals surface area contributed by atoms with E-state index in [-0.39, 0.29) is 0 Å². The van der Waals surface area contributed by atoms with E-state index in [1.165, 1.54) is 36.3 Å². The number of hydrogen-bond acceptors (Lipinski definition) is 1. The molecular formula is C20H24N3S+. The molecule has 1 saturated heterocycles. The third-order valence-electron chi connectivity index (χ3n) is 5.32. The fourth-order valence-corrected chi connectivity index (χ4v) is 4.52. The molecule has 2 aliphatic heterocycles. The predicted octanol–water partition coefficient (Wildman–Crippen LogP) is 2.58. The van der Waals surface area contributed by atoms with Crippen LogP contribution < -0.4 is 15.1 Å². The van der Waals surface area contributed by atoms with Gasteiger partial charge in [-0.1, -0.05) is 35.9 Å². The van der Waals surface area contributed by atoms with Gasteiger partial charge in [-0.25, -0.2) is 0 Å². The minimum atomic E-state index is 0.481. The normalized spacial score (nSPS) is 25.1. The molecule has 4 heteroatoms. The van der Waals surface area contributed by atoms with Gasteiger partial charge in [0.1, 0.15) is 0 Å². The number of piperidine rings is 1. The van der Waals surface area contributed by atoms with Crippen molar-refractivity contribution in [3.8, 4) is 0 Å². The zero-order chi connectivity index (χ0) is 16.7. The van der Waals surface area contributed by atoms with Crippen LogP contribution in [0.5, 0.6) is 0 Å². The molecule has 2 aromatic carbocycles. The highest BCUT2D eigenvalue weighted by atomic mass is 32.1. The van der Waals surface area contributed by atoms with Gasteiger partial charge < -0.3 is 15.1 Å². The van der Waals surface area contributed by atoms with Crippen LogP contribution in [0.3, 0.4) is 0 Å². The second kappa shape index (κ2) is 6.19. The maximum atomic E-state index is 5.81. The van der Waals surface area contributed by atoms with Crippen LogP contribution in [-0.4, -0.2) is 31.3 Å². The van der Waals surface area contributed by atoms with Crippen molar-refractivity contribution in [1.29, 1.82) is 0 Å². The number of hydrogen-bond donors (Lipinski definition) is 2. The first-order valence-corrected chi connectivity index (χ1v) is 9.11.